The molecule has 5 nitrogen and oxygen atoms in total. The van der Waals surface area contributed by atoms with Crippen molar-refractivity contribution in [1.82, 2.24) is 4.90 Å². The lowest BCUT2D eigenvalue weighted by Crippen LogP contribution is -2.45. The van der Waals surface area contributed by atoms with Gasteiger partial charge in [0, 0.05) is 12.6 Å². The topological polar surface area (TPSA) is 82.2 Å². The second kappa shape index (κ2) is 5.96. The van der Waals surface area contributed by atoms with Gasteiger partial charge in [0.25, 0.3) is 0 Å². The highest BCUT2D eigenvalue weighted by molar-refractivity contribution is 7.14. The average Bonchev–Trinajstić information content (AvgIpc) is 2.76. The standard InChI is InChI=1S/C12H16N4OS/c13-6-9-3-5-18-12(9)15-11(17)8-16-4-1-2-10(14)7-16/h3,5,10H,1-2,4,7-8,14H2,(H,15,17). The molecule has 1 fully saturated rings. The van der Waals surface area contributed by atoms with Crippen LogP contribution in [0.5, 0.6) is 0 Å². The Kier molecular flexibility index (Phi) is 4.31. The van der Waals surface area contributed by atoms with E-state index in [1.165, 1.54) is 11.3 Å². The Morgan fingerprint density at radius 1 is 1.72 bits per heavy atom. The van der Waals surface area contributed by atoms with Gasteiger partial charge in [-0.05, 0) is 30.8 Å². The quantitative estimate of drug-likeness (QED) is 0.852. The zero-order valence-corrected chi connectivity index (χ0v) is 10.9. The van der Waals surface area contributed by atoms with Gasteiger partial charge in [-0.25, -0.2) is 0 Å². The van der Waals surface area contributed by atoms with Crippen LogP contribution in [-0.2, 0) is 4.79 Å². The van der Waals surface area contributed by atoms with Crippen LogP contribution in [0, 0.1) is 11.3 Å². The van der Waals surface area contributed by atoms with Crippen LogP contribution in [0.4, 0.5) is 5.00 Å². The van der Waals surface area contributed by atoms with Gasteiger partial charge < -0.3 is 11.1 Å². The average molecular weight is 264 g/mol. The third-order valence-electron chi connectivity index (χ3n) is 2.95. The first-order valence-electron chi connectivity index (χ1n) is 5.94. The Labute approximate surface area is 110 Å². The van der Waals surface area contributed by atoms with Gasteiger partial charge >= 0.3 is 0 Å². The third kappa shape index (κ3) is 3.29. The zero-order chi connectivity index (χ0) is 13.0. The monoisotopic (exact) mass is 264 g/mol. The summed E-state index contributed by atoms with van der Waals surface area (Å²) in [6.07, 6.45) is 2.07. The normalized spacial score (nSPS) is 20.3. The molecule has 1 saturated heterocycles. The molecule has 2 rings (SSSR count). The summed E-state index contributed by atoms with van der Waals surface area (Å²) >= 11 is 1.37. The summed E-state index contributed by atoms with van der Waals surface area (Å²) in [5.41, 5.74) is 6.39. The maximum Gasteiger partial charge on any atom is 0.239 e. The predicted octanol–water partition coefficient (Wildman–Crippen LogP) is 0.981. The molecule has 0 radical (unpaired) electrons. The summed E-state index contributed by atoms with van der Waals surface area (Å²) in [5, 5.41) is 14.1. The molecule has 1 aliphatic heterocycles. The fraction of sp³-hybridized carbons (Fsp3) is 0.500. The first kappa shape index (κ1) is 13.0. The Bertz CT molecular complexity index is 465. The van der Waals surface area contributed by atoms with Gasteiger partial charge in [-0.15, -0.1) is 11.3 Å². The summed E-state index contributed by atoms with van der Waals surface area (Å²) in [7, 11) is 0. The summed E-state index contributed by atoms with van der Waals surface area (Å²) in [6, 6.07) is 3.93. The Morgan fingerprint density at radius 2 is 2.56 bits per heavy atom. The minimum atomic E-state index is -0.0805. The molecule has 0 bridgehead atoms. The Balaban J connectivity index is 1.87. The van der Waals surface area contributed by atoms with E-state index in [0.29, 0.717) is 17.1 Å². The predicted molar refractivity (Wildman–Crippen MR) is 71.3 cm³/mol. The number of nitrogens with one attached hydrogen (secondary N) is 1. The molecule has 1 atom stereocenters. The smallest absolute Gasteiger partial charge is 0.239 e. The highest BCUT2D eigenvalue weighted by Gasteiger charge is 2.19. The van der Waals surface area contributed by atoms with Crippen LogP contribution < -0.4 is 11.1 Å². The van der Waals surface area contributed by atoms with Gasteiger partial charge in [-0.3, -0.25) is 9.69 Å². The highest BCUT2D eigenvalue weighted by atomic mass is 32.1. The number of anilines is 1. The molecule has 2 heterocycles. The van der Waals surface area contributed by atoms with Gasteiger partial charge in [0.2, 0.25) is 5.91 Å². The number of likely N-dealkylation sites (tertiary alicyclic amines) is 1. The number of hydrogen-bond acceptors (Lipinski definition) is 5. The van der Waals surface area contributed by atoms with E-state index in [-0.39, 0.29) is 11.9 Å². The van der Waals surface area contributed by atoms with Crippen LogP contribution in [0.3, 0.4) is 0 Å². The summed E-state index contributed by atoms with van der Waals surface area (Å²) in [4.78, 5) is 13.9. The second-order valence-electron chi connectivity index (χ2n) is 4.46. The van der Waals surface area contributed by atoms with E-state index in [9.17, 15) is 4.79 Å². The van der Waals surface area contributed by atoms with Crippen LogP contribution in [0.15, 0.2) is 11.4 Å². The summed E-state index contributed by atoms with van der Waals surface area (Å²) < 4.78 is 0. The van der Waals surface area contributed by atoms with E-state index in [2.05, 4.69) is 16.3 Å². The largest absolute Gasteiger partial charge is 0.327 e. The molecule has 0 saturated carbocycles. The number of piperidine rings is 1. The molecule has 0 spiro atoms. The number of hydrogen-bond donors (Lipinski definition) is 2. The van der Waals surface area contributed by atoms with Crippen LogP contribution in [0.2, 0.25) is 0 Å². The van der Waals surface area contributed by atoms with Crippen LogP contribution in [0.25, 0.3) is 0 Å². The molecule has 1 unspecified atom stereocenters. The lowest BCUT2D eigenvalue weighted by molar-refractivity contribution is -0.117. The van der Waals surface area contributed by atoms with Crippen molar-refractivity contribution in [2.75, 3.05) is 25.0 Å². The molecule has 0 aromatic carbocycles. The number of thiophene rings is 1. The molecular weight excluding hydrogens is 248 g/mol. The number of rotatable bonds is 3. The van der Waals surface area contributed by atoms with Gasteiger partial charge in [0.1, 0.15) is 11.1 Å². The molecule has 1 aromatic heterocycles. The zero-order valence-electron chi connectivity index (χ0n) is 10.1. The van der Waals surface area contributed by atoms with Crippen LogP contribution in [-0.4, -0.2) is 36.5 Å². The van der Waals surface area contributed by atoms with E-state index in [1.54, 1.807) is 11.4 Å². The van der Waals surface area contributed by atoms with Crippen molar-refractivity contribution in [3.8, 4) is 6.07 Å². The van der Waals surface area contributed by atoms with Gasteiger partial charge in [0.05, 0.1) is 12.1 Å². The molecule has 1 aliphatic rings. The Hall–Kier alpha value is -1.42. The fourth-order valence-electron chi connectivity index (χ4n) is 2.10. The molecule has 96 valence electrons. The van der Waals surface area contributed by atoms with Crippen molar-refractivity contribution >= 4 is 22.2 Å². The van der Waals surface area contributed by atoms with E-state index >= 15 is 0 Å². The molecule has 1 aromatic rings. The van der Waals surface area contributed by atoms with Gasteiger partial charge in [0.15, 0.2) is 0 Å². The second-order valence-corrected chi connectivity index (χ2v) is 5.38. The Morgan fingerprint density at radius 3 is 3.28 bits per heavy atom. The number of amides is 1. The van der Waals surface area contributed by atoms with Crippen molar-refractivity contribution in [2.45, 2.75) is 18.9 Å². The third-order valence-corrected chi connectivity index (χ3v) is 3.78. The fourth-order valence-corrected chi connectivity index (χ4v) is 2.85. The molecule has 0 aliphatic carbocycles. The minimum Gasteiger partial charge on any atom is -0.327 e. The van der Waals surface area contributed by atoms with Crippen molar-refractivity contribution in [3.63, 3.8) is 0 Å². The lowest BCUT2D eigenvalue weighted by atomic mass is 10.1. The molecule has 1 amide bonds. The van der Waals surface area contributed by atoms with Gasteiger partial charge in [-0.1, -0.05) is 0 Å². The SMILES string of the molecule is N#Cc1ccsc1NC(=O)CN1CCCC(N)C1. The summed E-state index contributed by atoms with van der Waals surface area (Å²) in [5.74, 6) is -0.0805. The van der Waals surface area contributed by atoms with E-state index in [0.717, 1.165) is 25.9 Å². The van der Waals surface area contributed by atoms with Crippen molar-refractivity contribution in [2.24, 2.45) is 5.73 Å². The lowest BCUT2D eigenvalue weighted by Gasteiger charge is -2.29. The van der Waals surface area contributed by atoms with E-state index < -0.39 is 0 Å². The summed E-state index contributed by atoms with van der Waals surface area (Å²) in [6.45, 7) is 2.02. The molecule has 3 N–H and O–H groups in total. The first-order valence-corrected chi connectivity index (χ1v) is 6.82. The molecule has 6 heteroatoms. The molecular formula is C12H16N4OS. The number of carbonyl (C=O) groups excluding carboxylic acids is 1. The maximum atomic E-state index is 11.9. The van der Waals surface area contributed by atoms with Gasteiger partial charge in [-0.2, -0.15) is 5.26 Å². The number of nitrogens with zero attached hydrogens (tertiary/aromatic N) is 2. The minimum absolute atomic E-state index is 0.0805. The van der Waals surface area contributed by atoms with Crippen molar-refractivity contribution in [1.29, 1.82) is 5.26 Å². The number of nitrogens with two attached hydrogens (primary N) is 1. The van der Waals surface area contributed by atoms with Crippen LogP contribution >= 0.6 is 11.3 Å². The maximum absolute atomic E-state index is 11.9. The number of nitriles is 1. The van der Waals surface area contributed by atoms with Crippen molar-refractivity contribution in [3.05, 3.63) is 17.0 Å². The van der Waals surface area contributed by atoms with Crippen molar-refractivity contribution < 1.29 is 4.79 Å². The number of carbonyl (C=O) groups is 1. The first-order chi connectivity index (χ1) is 8.69. The van der Waals surface area contributed by atoms with Crippen LogP contribution in [0.1, 0.15) is 18.4 Å². The van der Waals surface area contributed by atoms with E-state index in [4.69, 9.17) is 11.0 Å². The van der Waals surface area contributed by atoms with E-state index in [1.807, 2.05) is 0 Å². The molecule has 18 heavy (non-hydrogen) atoms. The highest BCUT2D eigenvalue weighted by Crippen LogP contribution is 2.22.